The van der Waals surface area contributed by atoms with E-state index in [1.165, 1.54) is 0 Å². The van der Waals surface area contributed by atoms with Gasteiger partial charge in [-0.25, -0.2) is 0 Å². The van der Waals surface area contributed by atoms with E-state index in [2.05, 4.69) is 0 Å². The predicted molar refractivity (Wildman–Crippen MR) is 77.6 cm³/mol. The number of methoxy groups -OCH3 is 1. The SMILES string of the molecule is COC(C)(C)CCOCc1ccc(C(=N)N)cc1C. The Balaban J connectivity index is 2.48. The second-order valence-electron chi connectivity index (χ2n) is 5.32. The molecule has 4 nitrogen and oxygen atoms in total. The number of nitrogens with two attached hydrogens (primary N) is 1. The van der Waals surface area contributed by atoms with Crippen molar-refractivity contribution in [1.82, 2.24) is 0 Å². The molecule has 1 rings (SSSR count). The van der Waals surface area contributed by atoms with E-state index < -0.39 is 0 Å². The molecule has 3 N–H and O–H groups in total. The normalized spacial score (nSPS) is 11.6. The van der Waals surface area contributed by atoms with Crippen molar-refractivity contribution < 1.29 is 9.47 Å². The summed E-state index contributed by atoms with van der Waals surface area (Å²) in [5.74, 6) is 0.0948. The summed E-state index contributed by atoms with van der Waals surface area (Å²) in [4.78, 5) is 0. The van der Waals surface area contributed by atoms with Crippen LogP contribution in [0.15, 0.2) is 18.2 Å². The number of aryl methyl sites for hydroxylation is 1. The van der Waals surface area contributed by atoms with Gasteiger partial charge in [-0.05, 0) is 44.4 Å². The van der Waals surface area contributed by atoms with Gasteiger partial charge in [0.05, 0.1) is 12.2 Å². The van der Waals surface area contributed by atoms with Gasteiger partial charge < -0.3 is 15.2 Å². The highest BCUT2D eigenvalue weighted by molar-refractivity contribution is 5.95. The second-order valence-corrected chi connectivity index (χ2v) is 5.32. The minimum Gasteiger partial charge on any atom is -0.384 e. The smallest absolute Gasteiger partial charge is 0.122 e. The first-order valence-electron chi connectivity index (χ1n) is 6.42. The van der Waals surface area contributed by atoms with Crippen molar-refractivity contribution in [2.24, 2.45) is 5.73 Å². The molecule has 19 heavy (non-hydrogen) atoms. The molecule has 1 aromatic carbocycles. The quantitative estimate of drug-likeness (QED) is 0.452. The topological polar surface area (TPSA) is 68.3 Å². The Hall–Kier alpha value is -1.39. The molecular weight excluding hydrogens is 240 g/mol. The molecule has 106 valence electrons. The van der Waals surface area contributed by atoms with Gasteiger partial charge in [-0.1, -0.05) is 12.1 Å². The fourth-order valence-electron chi connectivity index (χ4n) is 1.63. The van der Waals surface area contributed by atoms with Crippen LogP contribution >= 0.6 is 0 Å². The lowest BCUT2D eigenvalue weighted by Gasteiger charge is -2.22. The van der Waals surface area contributed by atoms with Crippen LogP contribution in [0.25, 0.3) is 0 Å². The van der Waals surface area contributed by atoms with Crippen LogP contribution in [0, 0.1) is 12.3 Å². The van der Waals surface area contributed by atoms with E-state index in [0.717, 1.165) is 23.1 Å². The maximum Gasteiger partial charge on any atom is 0.122 e. The maximum atomic E-state index is 7.39. The zero-order valence-corrected chi connectivity index (χ0v) is 12.2. The molecule has 0 aliphatic rings. The third kappa shape index (κ3) is 5.01. The molecule has 0 fully saturated rings. The molecule has 0 heterocycles. The Kier molecular flexibility index (Phi) is 5.51. The first-order valence-corrected chi connectivity index (χ1v) is 6.42. The molecule has 0 aliphatic carbocycles. The number of rotatable bonds is 7. The van der Waals surface area contributed by atoms with Gasteiger partial charge in [0.1, 0.15) is 5.84 Å². The number of nitrogens with one attached hydrogen (secondary N) is 1. The Bertz CT molecular complexity index is 442. The van der Waals surface area contributed by atoms with Gasteiger partial charge in [-0.15, -0.1) is 0 Å². The summed E-state index contributed by atoms with van der Waals surface area (Å²) in [6, 6.07) is 5.74. The molecule has 4 heteroatoms. The zero-order chi connectivity index (χ0) is 14.5. The van der Waals surface area contributed by atoms with Gasteiger partial charge in [0, 0.05) is 19.3 Å². The summed E-state index contributed by atoms with van der Waals surface area (Å²) in [7, 11) is 1.71. The summed E-state index contributed by atoms with van der Waals surface area (Å²) in [5, 5.41) is 7.39. The third-order valence-corrected chi connectivity index (χ3v) is 3.31. The van der Waals surface area contributed by atoms with Crippen molar-refractivity contribution in [2.75, 3.05) is 13.7 Å². The van der Waals surface area contributed by atoms with Gasteiger partial charge in [-0.3, -0.25) is 5.41 Å². The number of hydrogen-bond donors (Lipinski definition) is 2. The predicted octanol–water partition coefficient (Wildman–Crippen LogP) is 2.61. The van der Waals surface area contributed by atoms with Crippen molar-refractivity contribution in [3.05, 3.63) is 34.9 Å². The van der Waals surface area contributed by atoms with E-state index in [1.54, 1.807) is 7.11 Å². The van der Waals surface area contributed by atoms with Crippen LogP contribution in [0.4, 0.5) is 0 Å². The molecule has 0 spiro atoms. The van der Waals surface area contributed by atoms with Crippen molar-refractivity contribution in [2.45, 2.75) is 39.4 Å². The van der Waals surface area contributed by atoms with Gasteiger partial charge in [0.2, 0.25) is 0 Å². The number of hydrogen-bond acceptors (Lipinski definition) is 3. The number of amidine groups is 1. The van der Waals surface area contributed by atoms with Gasteiger partial charge in [0.15, 0.2) is 0 Å². The zero-order valence-electron chi connectivity index (χ0n) is 12.2. The van der Waals surface area contributed by atoms with E-state index in [9.17, 15) is 0 Å². The van der Waals surface area contributed by atoms with E-state index in [0.29, 0.717) is 13.2 Å². The minimum absolute atomic E-state index is 0.0948. The van der Waals surface area contributed by atoms with Crippen molar-refractivity contribution in [1.29, 1.82) is 5.41 Å². The van der Waals surface area contributed by atoms with E-state index >= 15 is 0 Å². The summed E-state index contributed by atoms with van der Waals surface area (Å²) < 4.78 is 11.0. The molecular formula is C15H24N2O2. The standard InChI is InChI=1S/C15H24N2O2/c1-11-9-12(14(16)17)5-6-13(11)10-19-8-7-15(2,3)18-4/h5-6,9H,7-8,10H2,1-4H3,(H3,16,17). The number of ether oxygens (including phenoxy) is 2. The molecule has 0 amide bonds. The highest BCUT2D eigenvalue weighted by atomic mass is 16.5. The molecule has 0 atom stereocenters. The van der Waals surface area contributed by atoms with Crippen LogP contribution in [0.5, 0.6) is 0 Å². The lowest BCUT2D eigenvalue weighted by atomic mass is 10.0. The fraction of sp³-hybridized carbons (Fsp3) is 0.533. The average molecular weight is 264 g/mol. The Morgan fingerprint density at radius 2 is 2.05 bits per heavy atom. The molecule has 0 aromatic heterocycles. The molecule has 0 aliphatic heterocycles. The highest BCUT2D eigenvalue weighted by Crippen LogP contribution is 2.15. The molecule has 0 radical (unpaired) electrons. The molecule has 0 unspecified atom stereocenters. The monoisotopic (exact) mass is 264 g/mol. The van der Waals surface area contributed by atoms with Crippen molar-refractivity contribution >= 4 is 5.84 Å². The first kappa shape index (κ1) is 15.7. The summed E-state index contributed by atoms with van der Waals surface area (Å²) in [5.41, 5.74) is 8.28. The number of benzene rings is 1. The minimum atomic E-state index is -0.145. The third-order valence-electron chi connectivity index (χ3n) is 3.31. The van der Waals surface area contributed by atoms with Crippen LogP contribution < -0.4 is 5.73 Å². The van der Waals surface area contributed by atoms with Crippen LogP contribution in [0.3, 0.4) is 0 Å². The van der Waals surface area contributed by atoms with Gasteiger partial charge in [0.25, 0.3) is 0 Å². The van der Waals surface area contributed by atoms with Crippen LogP contribution in [-0.4, -0.2) is 25.2 Å². The van der Waals surface area contributed by atoms with E-state index in [4.69, 9.17) is 20.6 Å². The molecule has 0 saturated carbocycles. The Morgan fingerprint density at radius 3 is 2.58 bits per heavy atom. The van der Waals surface area contributed by atoms with Crippen LogP contribution in [0.1, 0.15) is 37.0 Å². The van der Waals surface area contributed by atoms with E-state index in [1.807, 2.05) is 39.0 Å². The van der Waals surface area contributed by atoms with Crippen LogP contribution in [0.2, 0.25) is 0 Å². The summed E-state index contributed by atoms with van der Waals surface area (Å²) in [6.45, 7) is 7.33. The van der Waals surface area contributed by atoms with Crippen molar-refractivity contribution in [3.8, 4) is 0 Å². The van der Waals surface area contributed by atoms with Crippen LogP contribution in [-0.2, 0) is 16.1 Å². The van der Waals surface area contributed by atoms with E-state index in [-0.39, 0.29) is 11.4 Å². The van der Waals surface area contributed by atoms with Crippen molar-refractivity contribution in [3.63, 3.8) is 0 Å². The lowest BCUT2D eigenvalue weighted by Crippen LogP contribution is -2.24. The molecule has 1 aromatic rings. The largest absolute Gasteiger partial charge is 0.384 e. The van der Waals surface area contributed by atoms with Gasteiger partial charge in [-0.2, -0.15) is 0 Å². The first-order chi connectivity index (χ1) is 8.85. The fourth-order valence-corrected chi connectivity index (χ4v) is 1.63. The Morgan fingerprint density at radius 1 is 1.37 bits per heavy atom. The molecule has 0 saturated heterocycles. The maximum absolute atomic E-state index is 7.39. The van der Waals surface area contributed by atoms with Gasteiger partial charge >= 0.3 is 0 Å². The number of nitrogen functional groups attached to an aromatic ring is 1. The lowest BCUT2D eigenvalue weighted by molar-refractivity contribution is -0.0125. The summed E-state index contributed by atoms with van der Waals surface area (Å²) in [6.07, 6.45) is 0.855. The molecule has 0 bridgehead atoms. The average Bonchev–Trinajstić information content (AvgIpc) is 2.36. The highest BCUT2D eigenvalue weighted by Gasteiger charge is 2.15. The second kappa shape index (κ2) is 6.68. The Labute approximate surface area is 115 Å². The summed E-state index contributed by atoms with van der Waals surface area (Å²) >= 11 is 0.